The Labute approximate surface area is 173 Å². The number of aromatic nitrogens is 1. The fourth-order valence-corrected chi connectivity index (χ4v) is 4.63. The number of fused-ring (bicyclic) bond motifs is 1. The summed E-state index contributed by atoms with van der Waals surface area (Å²) in [6.07, 6.45) is 2.71. The zero-order valence-electron chi connectivity index (χ0n) is 16.7. The molecule has 1 unspecified atom stereocenters. The number of carbonyl (C=O) groups is 3. The normalized spacial score (nSPS) is 13.8. The third kappa shape index (κ3) is 4.80. The van der Waals surface area contributed by atoms with Crippen LogP contribution in [-0.4, -0.2) is 47.2 Å². The molecule has 0 aliphatic heterocycles. The van der Waals surface area contributed by atoms with E-state index in [1.165, 1.54) is 11.3 Å². The van der Waals surface area contributed by atoms with Crippen LogP contribution in [0.2, 0.25) is 0 Å². The number of nitrogens with two attached hydrogens (primary N) is 1. The largest absolute Gasteiger partial charge is 0.365 e. The molecule has 1 aliphatic carbocycles. The van der Waals surface area contributed by atoms with Gasteiger partial charge in [-0.2, -0.15) is 0 Å². The Morgan fingerprint density at radius 3 is 2.72 bits per heavy atom. The number of thiophene rings is 1. The van der Waals surface area contributed by atoms with Crippen molar-refractivity contribution in [3.63, 3.8) is 0 Å². The van der Waals surface area contributed by atoms with Gasteiger partial charge in [-0.05, 0) is 57.9 Å². The van der Waals surface area contributed by atoms with Gasteiger partial charge in [0.05, 0.1) is 18.2 Å². The summed E-state index contributed by atoms with van der Waals surface area (Å²) in [5.41, 5.74) is 7.73. The lowest BCUT2D eigenvalue weighted by Gasteiger charge is -2.23. The van der Waals surface area contributed by atoms with Crippen LogP contribution in [0, 0.1) is 6.92 Å². The Bertz CT molecular complexity index is 956. The van der Waals surface area contributed by atoms with E-state index in [1.54, 1.807) is 24.9 Å². The first kappa shape index (κ1) is 20.9. The molecule has 0 aromatic carbocycles. The van der Waals surface area contributed by atoms with Crippen molar-refractivity contribution < 1.29 is 14.4 Å². The second kappa shape index (κ2) is 8.71. The number of primary amides is 1. The molecule has 9 heteroatoms. The van der Waals surface area contributed by atoms with Crippen LogP contribution in [0.4, 0.5) is 10.8 Å². The van der Waals surface area contributed by atoms with Gasteiger partial charge in [0.1, 0.15) is 10.8 Å². The van der Waals surface area contributed by atoms with Gasteiger partial charge in [-0.15, -0.1) is 11.3 Å². The summed E-state index contributed by atoms with van der Waals surface area (Å²) in [6.45, 7) is 3.57. The molecule has 1 atom stereocenters. The molecule has 4 N–H and O–H groups in total. The van der Waals surface area contributed by atoms with Crippen LogP contribution in [0.1, 0.15) is 39.8 Å². The second-order valence-corrected chi connectivity index (χ2v) is 8.32. The van der Waals surface area contributed by atoms with Crippen LogP contribution in [0.5, 0.6) is 0 Å². The predicted octanol–water partition coefficient (Wildman–Crippen LogP) is 1.94. The van der Waals surface area contributed by atoms with Gasteiger partial charge in [-0.25, -0.2) is 4.98 Å². The van der Waals surface area contributed by atoms with E-state index >= 15 is 0 Å². The molecule has 3 amide bonds. The first-order valence-electron chi connectivity index (χ1n) is 9.45. The predicted molar refractivity (Wildman–Crippen MR) is 113 cm³/mol. The molecular formula is C20H25N5O3S. The average Bonchev–Trinajstić information content (AvgIpc) is 3.21. The Morgan fingerprint density at radius 1 is 1.28 bits per heavy atom. The van der Waals surface area contributed by atoms with E-state index in [0.717, 1.165) is 35.4 Å². The summed E-state index contributed by atoms with van der Waals surface area (Å²) in [7, 11) is 1.69. The van der Waals surface area contributed by atoms with Crippen LogP contribution < -0.4 is 16.4 Å². The maximum absolute atomic E-state index is 12.7. The van der Waals surface area contributed by atoms with Crippen LogP contribution in [0.25, 0.3) is 0 Å². The van der Waals surface area contributed by atoms with Crippen molar-refractivity contribution in [2.24, 2.45) is 5.73 Å². The topological polar surface area (TPSA) is 117 Å². The van der Waals surface area contributed by atoms with E-state index in [4.69, 9.17) is 5.73 Å². The highest BCUT2D eigenvalue weighted by atomic mass is 32.1. The quantitative estimate of drug-likeness (QED) is 0.639. The zero-order chi connectivity index (χ0) is 21.1. The smallest absolute Gasteiger partial charge is 0.251 e. The number of carbonyl (C=O) groups excluding carboxylic acids is 3. The van der Waals surface area contributed by atoms with Gasteiger partial charge in [-0.1, -0.05) is 6.07 Å². The van der Waals surface area contributed by atoms with Crippen LogP contribution in [0.15, 0.2) is 18.2 Å². The van der Waals surface area contributed by atoms with Crippen molar-refractivity contribution in [3.8, 4) is 0 Å². The number of hydrogen-bond acceptors (Lipinski definition) is 6. The lowest BCUT2D eigenvalue weighted by molar-refractivity contribution is -0.122. The van der Waals surface area contributed by atoms with Crippen LogP contribution >= 0.6 is 11.3 Å². The molecule has 2 heterocycles. The molecule has 3 rings (SSSR count). The zero-order valence-corrected chi connectivity index (χ0v) is 17.6. The van der Waals surface area contributed by atoms with E-state index in [-0.39, 0.29) is 18.4 Å². The highest BCUT2D eigenvalue weighted by Crippen LogP contribution is 2.38. The minimum atomic E-state index is -0.580. The molecule has 8 nitrogen and oxygen atoms in total. The monoisotopic (exact) mass is 415 g/mol. The molecule has 2 aromatic heterocycles. The number of nitrogens with one attached hydrogen (secondary N) is 2. The standard InChI is InChI=1S/C20H25N5O3S/c1-11-6-4-9-15(22-11)23-16(26)10-25(3)12(2)19(28)24-20-17(18(21)27)13-7-5-8-14(13)29-20/h4,6,9,12H,5,7-8,10H2,1-3H3,(H2,21,27)(H,24,28)(H,22,23,26). The first-order valence-corrected chi connectivity index (χ1v) is 10.3. The number of pyridine rings is 1. The Hall–Kier alpha value is -2.78. The minimum Gasteiger partial charge on any atom is -0.365 e. The molecule has 2 aromatic rings. The Balaban J connectivity index is 1.61. The van der Waals surface area contributed by atoms with E-state index in [1.807, 2.05) is 19.1 Å². The van der Waals surface area contributed by atoms with E-state index < -0.39 is 11.9 Å². The molecule has 0 radical (unpaired) electrons. The van der Waals surface area contributed by atoms with Crippen molar-refractivity contribution in [2.45, 2.75) is 39.2 Å². The maximum Gasteiger partial charge on any atom is 0.251 e. The van der Waals surface area contributed by atoms with Crippen LogP contribution in [0.3, 0.4) is 0 Å². The van der Waals surface area contributed by atoms with Gasteiger partial charge in [0.25, 0.3) is 5.91 Å². The summed E-state index contributed by atoms with van der Waals surface area (Å²) in [6, 6.07) is 4.79. The second-order valence-electron chi connectivity index (χ2n) is 7.22. The molecule has 0 bridgehead atoms. The van der Waals surface area contributed by atoms with Crippen molar-refractivity contribution in [2.75, 3.05) is 24.2 Å². The number of rotatable bonds is 7. The number of aryl methyl sites for hydroxylation is 2. The third-order valence-corrected chi connectivity index (χ3v) is 6.20. The summed E-state index contributed by atoms with van der Waals surface area (Å²) in [5, 5.41) is 6.05. The Morgan fingerprint density at radius 2 is 2.03 bits per heavy atom. The van der Waals surface area contributed by atoms with Crippen molar-refractivity contribution in [1.82, 2.24) is 9.88 Å². The number of anilines is 2. The fraction of sp³-hybridized carbons (Fsp3) is 0.400. The molecule has 0 fully saturated rings. The highest BCUT2D eigenvalue weighted by Gasteiger charge is 2.28. The molecule has 0 spiro atoms. The van der Waals surface area contributed by atoms with E-state index in [9.17, 15) is 14.4 Å². The van der Waals surface area contributed by atoms with Gasteiger partial charge in [0, 0.05) is 10.6 Å². The van der Waals surface area contributed by atoms with Crippen molar-refractivity contribution >= 4 is 39.9 Å². The fourth-order valence-electron chi connectivity index (χ4n) is 3.33. The summed E-state index contributed by atoms with van der Waals surface area (Å²) in [4.78, 5) is 43.8. The van der Waals surface area contributed by atoms with Gasteiger partial charge in [0.15, 0.2) is 0 Å². The molecule has 154 valence electrons. The minimum absolute atomic E-state index is 0.0217. The maximum atomic E-state index is 12.7. The van der Waals surface area contributed by atoms with Crippen molar-refractivity contribution in [3.05, 3.63) is 39.9 Å². The highest BCUT2D eigenvalue weighted by molar-refractivity contribution is 7.17. The van der Waals surface area contributed by atoms with Crippen LogP contribution in [-0.2, 0) is 22.4 Å². The Kier molecular flexibility index (Phi) is 6.29. The van der Waals surface area contributed by atoms with Gasteiger partial charge in [0.2, 0.25) is 11.8 Å². The van der Waals surface area contributed by atoms with E-state index in [2.05, 4.69) is 15.6 Å². The third-order valence-electron chi connectivity index (χ3n) is 4.99. The number of amides is 3. The summed E-state index contributed by atoms with van der Waals surface area (Å²) >= 11 is 1.41. The lowest BCUT2D eigenvalue weighted by atomic mass is 10.1. The SMILES string of the molecule is Cc1cccc(NC(=O)CN(C)C(C)C(=O)Nc2sc3c(c2C(N)=O)CCC3)n1. The molecule has 29 heavy (non-hydrogen) atoms. The average molecular weight is 416 g/mol. The number of nitrogens with zero attached hydrogens (tertiary/aromatic N) is 2. The molecule has 0 saturated carbocycles. The lowest BCUT2D eigenvalue weighted by Crippen LogP contribution is -2.43. The molecule has 0 saturated heterocycles. The molecular weight excluding hydrogens is 390 g/mol. The number of likely N-dealkylation sites (N-methyl/N-ethyl adjacent to an activating group) is 1. The van der Waals surface area contributed by atoms with Gasteiger partial charge < -0.3 is 16.4 Å². The summed E-state index contributed by atoms with van der Waals surface area (Å²) < 4.78 is 0. The van der Waals surface area contributed by atoms with Gasteiger partial charge >= 0.3 is 0 Å². The first-order chi connectivity index (χ1) is 13.8. The van der Waals surface area contributed by atoms with Gasteiger partial charge in [-0.3, -0.25) is 19.3 Å². The van der Waals surface area contributed by atoms with Crippen molar-refractivity contribution in [1.29, 1.82) is 0 Å². The van der Waals surface area contributed by atoms with E-state index in [0.29, 0.717) is 16.4 Å². The molecule has 1 aliphatic rings. The summed E-state index contributed by atoms with van der Waals surface area (Å²) in [5.74, 6) is -0.611. The number of hydrogen-bond donors (Lipinski definition) is 3.